The molecule has 1 aliphatic carbocycles. The summed E-state index contributed by atoms with van der Waals surface area (Å²) in [7, 11) is 0. The SMILES string of the molecule is NNc1cc(CN2CCN(C3CC3)CC2)ccc1[N+](=O)[O-]. The van der Waals surface area contributed by atoms with Gasteiger partial charge in [0, 0.05) is 44.8 Å². The van der Waals surface area contributed by atoms with Crippen LogP contribution in [-0.4, -0.2) is 46.9 Å². The number of nitrogens with zero attached hydrogens (tertiary/aromatic N) is 3. The van der Waals surface area contributed by atoms with Gasteiger partial charge in [-0.25, -0.2) is 0 Å². The molecule has 0 unspecified atom stereocenters. The van der Waals surface area contributed by atoms with Crippen LogP contribution in [0.3, 0.4) is 0 Å². The second-order valence-electron chi connectivity index (χ2n) is 5.80. The van der Waals surface area contributed by atoms with Crippen molar-refractivity contribution in [1.29, 1.82) is 0 Å². The fraction of sp³-hybridized carbons (Fsp3) is 0.571. The number of nitrogens with two attached hydrogens (primary N) is 1. The maximum Gasteiger partial charge on any atom is 0.293 e. The van der Waals surface area contributed by atoms with Gasteiger partial charge in [0.05, 0.1) is 4.92 Å². The summed E-state index contributed by atoms with van der Waals surface area (Å²) in [5, 5.41) is 10.9. The third-order valence-electron chi connectivity index (χ3n) is 4.29. The number of piperazine rings is 1. The Morgan fingerprint density at radius 1 is 1.29 bits per heavy atom. The van der Waals surface area contributed by atoms with Crippen molar-refractivity contribution in [1.82, 2.24) is 9.80 Å². The first kappa shape index (κ1) is 14.2. The average molecular weight is 291 g/mol. The number of nitrogen functional groups attached to an aromatic ring is 1. The van der Waals surface area contributed by atoms with Gasteiger partial charge in [-0.15, -0.1) is 0 Å². The van der Waals surface area contributed by atoms with Gasteiger partial charge in [-0.05, 0) is 24.5 Å². The van der Waals surface area contributed by atoms with Crippen molar-refractivity contribution >= 4 is 11.4 Å². The lowest BCUT2D eigenvalue weighted by Gasteiger charge is -2.34. The topological polar surface area (TPSA) is 87.7 Å². The number of benzene rings is 1. The predicted octanol–water partition coefficient (Wildman–Crippen LogP) is 1.16. The molecule has 21 heavy (non-hydrogen) atoms. The lowest BCUT2D eigenvalue weighted by atomic mass is 10.1. The molecule has 0 spiro atoms. The molecular formula is C14H21N5O2. The van der Waals surface area contributed by atoms with E-state index >= 15 is 0 Å². The Hall–Kier alpha value is -1.70. The minimum absolute atomic E-state index is 0.0137. The largest absolute Gasteiger partial charge is 0.318 e. The molecule has 0 atom stereocenters. The Kier molecular flexibility index (Phi) is 4.05. The fourth-order valence-corrected chi connectivity index (χ4v) is 2.94. The van der Waals surface area contributed by atoms with E-state index in [0.717, 1.165) is 44.3 Å². The van der Waals surface area contributed by atoms with E-state index in [4.69, 9.17) is 5.84 Å². The molecule has 1 aliphatic heterocycles. The van der Waals surface area contributed by atoms with Gasteiger partial charge in [0.25, 0.3) is 5.69 Å². The molecule has 1 heterocycles. The first-order chi connectivity index (χ1) is 10.2. The molecule has 114 valence electrons. The summed E-state index contributed by atoms with van der Waals surface area (Å²) in [5.41, 5.74) is 3.85. The summed E-state index contributed by atoms with van der Waals surface area (Å²) in [6, 6.07) is 5.93. The van der Waals surface area contributed by atoms with Crippen LogP contribution in [0, 0.1) is 10.1 Å². The zero-order chi connectivity index (χ0) is 14.8. The molecule has 3 rings (SSSR count). The van der Waals surface area contributed by atoms with Gasteiger partial charge in [-0.1, -0.05) is 6.07 Å². The van der Waals surface area contributed by atoms with Gasteiger partial charge < -0.3 is 5.43 Å². The highest BCUT2D eigenvalue weighted by Crippen LogP contribution is 2.28. The van der Waals surface area contributed by atoms with Crippen molar-refractivity contribution in [2.75, 3.05) is 31.6 Å². The van der Waals surface area contributed by atoms with Gasteiger partial charge in [0.2, 0.25) is 0 Å². The van der Waals surface area contributed by atoms with Crippen LogP contribution < -0.4 is 11.3 Å². The van der Waals surface area contributed by atoms with E-state index in [-0.39, 0.29) is 5.69 Å². The third kappa shape index (κ3) is 3.31. The van der Waals surface area contributed by atoms with E-state index in [1.807, 2.05) is 6.07 Å². The molecule has 2 aliphatic rings. The summed E-state index contributed by atoms with van der Waals surface area (Å²) < 4.78 is 0. The highest BCUT2D eigenvalue weighted by atomic mass is 16.6. The minimum atomic E-state index is -0.423. The second kappa shape index (κ2) is 5.97. The minimum Gasteiger partial charge on any atom is -0.318 e. The fourth-order valence-electron chi connectivity index (χ4n) is 2.94. The van der Waals surface area contributed by atoms with Gasteiger partial charge in [-0.3, -0.25) is 25.8 Å². The quantitative estimate of drug-likeness (QED) is 0.481. The molecular weight excluding hydrogens is 270 g/mol. The van der Waals surface area contributed by atoms with Crippen LogP contribution in [0.5, 0.6) is 0 Å². The monoisotopic (exact) mass is 291 g/mol. The normalized spacial score (nSPS) is 20.4. The van der Waals surface area contributed by atoms with Crippen LogP contribution in [0.25, 0.3) is 0 Å². The molecule has 1 saturated heterocycles. The standard InChI is InChI=1S/C14H21N5O2/c15-16-13-9-11(1-4-14(13)19(20)21)10-17-5-7-18(8-6-17)12-2-3-12/h1,4,9,12,16H,2-3,5-8,10,15H2. The zero-order valence-electron chi connectivity index (χ0n) is 12.0. The Balaban J connectivity index is 1.61. The molecule has 7 heteroatoms. The Bertz CT molecular complexity index is 524. The summed E-state index contributed by atoms with van der Waals surface area (Å²) in [4.78, 5) is 15.4. The second-order valence-corrected chi connectivity index (χ2v) is 5.80. The summed E-state index contributed by atoms with van der Waals surface area (Å²) in [5.74, 6) is 5.37. The predicted molar refractivity (Wildman–Crippen MR) is 80.8 cm³/mol. The van der Waals surface area contributed by atoms with Crippen LogP contribution in [0.2, 0.25) is 0 Å². The van der Waals surface area contributed by atoms with Gasteiger partial charge in [0.15, 0.2) is 0 Å². The van der Waals surface area contributed by atoms with Crippen LogP contribution in [0.15, 0.2) is 18.2 Å². The number of hydrogen-bond acceptors (Lipinski definition) is 6. The highest BCUT2D eigenvalue weighted by molar-refractivity contribution is 5.62. The number of hydrazine groups is 1. The maximum atomic E-state index is 10.9. The van der Waals surface area contributed by atoms with Crippen LogP contribution >= 0.6 is 0 Å². The molecule has 2 fully saturated rings. The van der Waals surface area contributed by atoms with E-state index in [9.17, 15) is 10.1 Å². The van der Waals surface area contributed by atoms with Crippen molar-refractivity contribution in [2.45, 2.75) is 25.4 Å². The number of rotatable bonds is 5. The number of hydrogen-bond donors (Lipinski definition) is 2. The Morgan fingerprint density at radius 2 is 2.00 bits per heavy atom. The first-order valence-corrected chi connectivity index (χ1v) is 7.37. The summed E-state index contributed by atoms with van der Waals surface area (Å²) in [6.45, 7) is 5.17. The maximum absolute atomic E-state index is 10.9. The number of nitro groups is 1. The van der Waals surface area contributed by atoms with Crippen molar-refractivity contribution in [3.8, 4) is 0 Å². The summed E-state index contributed by atoms with van der Waals surface area (Å²) >= 11 is 0. The molecule has 1 aromatic rings. The van der Waals surface area contributed by atoms with Crippen molar-refractivity contribution < 1.29 is 4.92 Å². The lowest BCUT2D eigenvalue weighted by Crippen LogP contribution is -2.46. The molecule has 0 aromatic heterocycles. The Labute approximate surface area is 123 Å². The number of nitro benzene ring substituents is 1. The van der Waals surface area contributed by atoms with Crippen LogP contribution in [-0.2, 0) is 6.54 Å². The molecule has 1 saturated carbocycles. The van der Waals surface area contributed by atoms with Crippen molar-refractivity contribution in [2.24, 2.45) is 5.84 Å². The highest BCUT2D eigenvalue weighted by Gasteiger charge is 2.31. The number of nitrogens with one attached hydrogen (secondary N) is 1. The van der Waals surface area contributed by atoms with E-state index in [2.05, 4.69) is 15.2 Å². The van der Waals surface area contributed by atoms with Crippen molar-refractivity contribution in [3.05, 3.63) is 33.9 Å². The number of anilines is 1. The van der Waals surface area contributed by atoms with Gasteiger partial charge >= 0.3 is 0 Å². The lowest BCUT2D eigenvalue weighted by molar-refractivity contribution is -0.384. The van der Waals surface area contributed by atoms with E-state index in [1.54, 1.807) is 6.07 Å². The smallest absolute Gasteiger partial charge is 0.293 e. The van der Waals surface area contributed by atoms with Crippen LogP contribution in [0.4, 0.5) is 11.4 Å². The van der Waals surface area contributed by atoms with Gasteiger partial charge in [-0.2, -0.15) is 0 Å². The molecule has 0 radical (unpaired) electrons. The average Bonchev–Trinajstić information content (AvgIpc) is 3.32. The molecule has 0 bridgehead atoms. The van der Waals surface area contributed by atoms with E-state index in [0.29, 0.717) is 5.69 Å². The third-order valence-corrected chi connectivity index (χ3v) is 4.29. The Morgan fingerprint density at radius 3 is 2.57 bits per heavy atom. The summed E-state index contributed by atoms with van der Waals surface area (Å²) in [6.07, 6.45) is 2.71. The first-order valence-electron chi connectivity index (χ1n) is 7.37. The van der Waals surface area contributed by atoms with E-state index in [1.165, 1.54) is 18.9 Å². The van der Waals surface area contributed by atoms with E-state index < -0.39 is 4.92 Å². The zero-order valence-corrected chi connectivity index (χ0v) is 12.0. The molecule has 0 amide bonds. The van der Waals surface area contributed by atoms with Crippen LogP contribution in [0.1, 0.15) is 18.4 Å². The molecule has 3 N–H and O–H groups in total. The molecule has 1 aromatic carbocycles. The van der Waals surface area contributed by atoms with Crippen molar-refractivity contribution in [3.63, 3.8) is 0 Å². The molecule has 7 nitrogen and oxygen atoms in total. The van der Waals surface area contributed by atoms with Gasteiger partial charge in [0.1, 0.15) is 5.69 Å².